The van der Waals surface area contributed by atoms with Gasteiger partial charge < -0.3 is 14.6 Å². The second-order valence-electron chi connectivity index (χ2n) is 8.19. The van der Waals surface area contributed by atoms with Crippen LogP contribution in [0, 0.1) is 12.7 Å². The molecule has 2 N–H and O–H groups in total. The first-order valence-corrected chi connectivity index (χ1v) is 11.2. The molecule has 8 nitrogen and oxygen atoms in total. The molecule has 0 saturated heterocycles. The van der Waals surface area contributed by atoms with E-state index in [2.05, 4.69) is 15.0 Å². The molecule has 0 bridgehead atoms. The number of carbonyl (C=O) groups excluding carboxylic acids is 1. The molecule has 0 aliphatic heterocycles. The van der Waals surface area contributed by atoms with Gasteiger partial charge >= 0.3 is 0 Å². The fraction of sp³-hybridized carbons (Fsp3) is 0.273. The number of methoxy groups -OCH3 is 1. The molecule has 1 aromatic heterocycles. The highest BCUT2D eigenvalue weighted by Crippen LogP contribution is 2.27. The lowest BCUT2D eigenvalue weighted by Crippen LogP contribution is -2.40. The van der Waals surface area contributed by atoms with Crippen molar-refractivity contribution in [2.24, 2.45) is 0 Å². The van der Waals surface area contributed by atoms with Gasteiger partial charge in [-0.05, 0) is 64.1 Å². The average Bonchev–Trinajstić information content (AvgIpc) is 3.11. The summed E-state index contributed by atoms with van der Waals surface area (Å²) in [6.45, 7) is 6.87. The molecular weight excluding hydrogens is 435 g/mol. The summed E-state index contributed by atoms with van der Waals surface area (Å²) in [5, 5.41) is 2.59. The van der Waals surface area contributed by atoms with Crippen molar-refractivity contribution in [3.63, 3.8) is 0 Å². The largest absolute Gasteiger partial charge is 0.495 e. The molecule has 0 spiro atoms. The minimum Gasteiger partial charge on any atom is -0.495 e. The number of halogens is 1. The Labute approximate surface area is 186 Å². The molecule has 0 aliphatic carbocycles. The quantitative estimate of drug-likeness (QED) is 0.585. The number of nitrogens with one attached hydrogen (secondary N) is 2. The van der Waals surface area contributed by atoms with Gasteiger partial charge in [-0.3, -0.25) is 4.79 Å². The summed E-state index contributed by atoms with van der Waals surface area (Å²) in [5.41, 5.74) is -0.129. The van der Waals surface area contributed by atoms with Crippen LogP contribution in [-0.4, -0.2) is 36.5 Å². The van der Waals surface area contributed by atoms with Gasteiger partial charge in [-0.25, -0.2) is 22.5 Å². The summed E-state index contributed by atoms with van der Waals surface area (Å²) in [6.07, 6.45) is 3.20. The number of anilines is 1. The molecule has 1 amide bonds. The second kappa shape index (κ2) is 8.71. The van der Waals surface area contributed by atoms with Gasteiger partial charge in [-0.2, -0.15) is 0 Å². The maximum Gasteiger partial charge on any atom is 0.255 e. The van der Waals surface area contributed by atoms with Gasteiger partial charge in [-0.1, -0.05) is 0 Å². The molecule has 0 saturated carbocycles. The number of nitrogens with zero attached hydrogens (tertiary/aromatic N) is 2. The van der Waals surface area contributed by atoms with E-state index in [4.69, 9.17) is 4.74 Å². The first kappa shape index (κ1) is 23.4. The Kier molecular flexibility index (Phi) is 6.38. The average molecular weight is 461 g/mol. The zero-order valence-corrected chi connectivity index (χ0v) is 19.2. The number of amides is 1. The van der Waals surface area contributed by atoms with Gasteiger partial charge in [0.1, 0.15) is 22.3 Å². The standard InChI is InChI=1S/C22H25FN4O4S/c1-14-24-10-11-27(14)18-8-7-16(13-17(18)23)25-21(28)15-6-9-19(31-5)20(12-15)32(29,30)26-22(2,3)4/h6-13,26H,1-5H3,(H,25,28). The third-order valence-corrected chi connectivity index (χ3v) is 6.23. The maximum absolute atomic E-state index is 14.6. The normalized spacial score (nSPS) is 11.9. The molecule has 10 heteroatoms. The number of aryl methyl sites for hydroxylation is 1. The van der Waals surface area contributed by atoms with E-state index in [0.29, 0.717) is 11.5 Å². The molecule has 170 valence electrons. The van der Waals surface area contributed by atoms with Gasteiger partial charge in [0.15, 0.2) is 0 Å². The number of hydrogen-bond acceptors (Lipinski definition) is 5. The molecule has 32 heavy (non-hydrogen) atoms. The topological polar surface area (TPSA) is 102 Å². The Bertz CT molecular complexity index is 1260. The van der Waals surface area contributed by atoms with Crippen LogP contribution in [0.2, 0.25) is 0 Å². The van der Waals surface area contributed by atoms with E-state index >= 15 is 0 Å². The SMILES string of the molecule is COc1ccc(C(=O)Nc2ccc(-n3ccnc3C)c(F)c2)cc1S(=O)(=O)NC(C)(C)C. The number of sulfonamides is 1. The van der Waals surface area contributed by atoms with E-state index < -0.39 is 27.3 Å². The Morgan fingerprint density at radius 2 is 1.88 bits per heavy atom. The Morgan fingerprint density at radius 1 is 1.16 bits per heavy atom. The molecule has 0 radical (unpaired) electrons. The number of benzene rings is 2. The Balaban J connectivity index is 1.89. The Morgan fingerprint density at radius 3 is 2.44 bits per heavy atom. The van der Waals surface area contributed by atoms with E-state index in [1.165, 1.54) is 37.4 Å². The fourth-order valence-corrected chi connectivity index (χ4v) is 4.72. The van der Waals surface area contributed by atoms with Crippen LogP contribution < -0.4 is 14.8 Å². The summed E-state index contributed by atoms with van der Waals surface area (Å²) in [6, 6.07) is 8.33. The summed E-state index contributed by atoms with van der Waals surface area (Å²) < 4.78 is 49.5. The number of imidazole rings is 1. The highest BCUT2D eigenvalue weighted by atomic mass is 32.2. The molecule has 0 atom stereocenters. The van der Waals surface area contributed by atoms with Crippen LogP contribution in [0.3, 0.4) is 0 Å². The summed E-state index contributed by atoms with van der Waals surface area (Å²) in [4.78, 5) is 16.7. The first-order chi connectivity index (χ1) is 14.9. The van der Waals surface area contributed by atoms with Crippen LogP contribution in [0.15, 0.2) is 53.7 Å². The van der Waals surface area contributed by atoms with Crippen molar-refractivity contribution < 1.29 is 22.3 Å². The number of hydrogen-bond donors (Lipinski definition) is 2. The van der Waals surface area contributed by atoms with Crippen molar-refractivity contribution in [3.8, 4) is 11.4 Å². The van der Waals surface area contributed by atoms with Crippen LogP contribution in [0.4, 0.5) is 10.1 Å². The smallest absolute Gasteiger partial charge is 0.255 e. The third kappa shape index (κ3) is 5.14. The second-order valence-corrected chi connectivity index (χ2v) is 9.84. The first-order valence-electron chi connectivity index (χ1n) is 9.74. The lowest BCUT2D eigenvalue weighted by Gasteiger charge is -2.21. The zero-order chi connectivity index (χ0) is 23.7. The molecule has 1 heterocycles. The van der Waals surface area contributed by atoms with Crippen LogP contribution in [0.25, 0.3) is 5.69 Å². The lowest BCUT2D eigenvalue weighted by molar-refractivity contribution is 0.102. The van der Waals surface area contributed by atoms with E-state index in [0.717, 1.165) is 0 Å². The van der Waals surface area contributed by atoms with Crippen LogP contribution in [0.5, 0.6) is 5.75 Å². The number of rotatable bonds is 6. The van der Waals surface area contributed by atoms with Crippen molar-refractivity contribution in [3.05, 3.63) is 66.0 Å². The molecule has 0 unspecified atom stereocenters. The minimum atomic E-state index is -3.95. The molecule has 0 fully saturated rings. The number of ether oxygens (including phenoxy) is 1. The van der Waals surface area contributed by atoms with Crippen molar-refractivity contribution in [1.29, 1.82) is 0 Å². The monoisotopic (exact) mass is 460 g/mol. The van der Waals surface area contributed by atoms with Crippen molar-refractivity contribution in [1.82, 2.24) is 14.3 Å². The molecule has 3 rings (SSSR count). The molecular formula is C22H25FN4O4S. The highest BCUT2D eigenvalue weighted by Gasteiger charge is 2.26. The number of carbonyl (C=O) groups is 1. The van der Waals surface area contributed by atoms with Gasteiger partial charge in [0.25, 0.3) is 5.91 Å². The summed E-state index contributed by atoms with van der Waals surface area (Å²) in [7, 11) is -2.61. The van der Waals surface area contributed by atoms with E-state index in [1.54, 1.807) is 50.7 Å². The van der Waals surface area contributed by atoms with E-state index in [9.17, 15) is 17.6 Å². The van der Waals surface area contributed by atoms with Gasteiger partial charge in [-0.15, -0.1) is 0 Å². The lowest BCUT2D eigenvalue weighted by atomic mass is 10.1. The van der Waals surface area contributed by atoms with Crippen LogP contribution in [0.1, 0.15) is 37.0 Å². The van der Waals surface area contributed by atoms with Gasteiger partial charge in [0.2, 0.25) is 10.0 Å². The van der Waals surface area contributed by atoms with Crippen molar-refractivity contribution in [2.45, 2.75) is 38.1 Å². The predicted octanol–water partition coefficient (Wildman–Crippen LogP) is 3.66. The third-order valence-electron chi connectivity index (χ3n) is 4.45. The van der Waals surface area contributed by atoms with E-state index in [-0.39, 0.29) is 21.9 Å². The van der Waals surface area contributed by atoms with Gasteiger partial charge in [0.05, 0.1) is 12.8 Å². The highest BCUT2D eigenvalue weighted by molar-refractivity contribution is 7.89. The molecule has 0 aliphatic rings. The minimum absolute atomic E-state index is 0.0787. The summed E-state index contributed by atoms with van der Waals surface area (Å²) >= 11 is 0. The molecule has 3 aromatic rings. The fourth-order valence-electron chi connectivity index (χ4n) is 3.10. The zero-order valence-electron chi connectivity index (χ0n) is 18.4. The number of aromatic nitrogens is 2. The van der Waals surface area contributed by atoms with Crippen molar-refractivity contribution >= 4 is 21.6 Å². The predicted molar refractivity (Wildman–Crippen MR) is 119 cm³/mol. The van der Waals surface area contributed by atoms with Crippen molar-refractivity contribution in [2.75, 3.05) is 12.4 Å². The van der Waals surface area contributed by atoms with E-state index in [1.807, 2.05) is 0 Å². The summed E-state index contributed by atoms with van der Waals surface area (Å²) in [5.74, 6) is -0.414. The Hall–Kier alpha value is -3.24. The van der Waals surface area contributed by atoms with Gasteiger partial charge in [0, 0.05) is 29.2 Å². The maximum atomic E-state index is 14.6. The van der Waals surface area contributed by atoms with Crippen LogP contribution >= 0.6 is 0 Å². The molecule has 2 aromatic carbocycles. The van der Waals surface area contributed by atoms with Crippen LogP contribution in [-0.2, 0) is 10.0 Å².